The van der Waals surface area contributed by atoms with Crippen LogP contribution in [0.1, 0.15) is 26.2 Å². The van der Waals surface area contributed by atoms with Crippen molar-refractivity contribution >= 4 is 17.5 Å². The molecule has 1 heterocycles. The van der Waals surface area contributed by atoms with Gasteiger partial charge in [-0.2, -0.15) is 0 Å². The second-order valence-corrected chi connectivity index (χ2v) is 5.70. The summed E-state index contributed by atoms with van der Waals surface area (Å²) in [5.41, 5.74) is 0.734. The van der Waals surface area contributed by atoms with Crippen molar-refractivity contribution in [3.63, 3.8) is 0 Å². The Labute approximate surface area is 137 Å². The van der Waals surface area contributed by atoms with Gasteiger partial charge >= 0.3 is 0 Å². The van der Waals surface area contributed by atoms with Gasteiger partial charge in [-0.05, 0) is 50.1 Å². The van der Waals surface area contributed by atoms with Crippen molar-refractivity contribution < 1.29 is 14.3 Å². The van der Waals surface area contributed by atoms with Crippen molar-refractivity contribution in [1.82, 2.24) is 10.2 Å². The van der Waals surface area contributed by atoms with Gasteiger partial charge in [0, 0.05) is 12.2 Å². The second kappa shape index (κ2) is 8.53. The molecule has 6 heteroatoms. The van der Waals surface area contributed by atoms with Gasteiger partial charge < -0.3 is 15.4 Å². The van der Waals surface area contributed by atoms with Crippen LogP contribution in [0.25, 0.3) is 0 Å². The van der Waals surface area contributed by atoms with Gasteiger partial charge in [-0.25, -0.2) is 0 Å². The molecule has 2 rings (SSSR count). The van der Waals surface area contributed by atoms with E-state index < -0.39 is 0 Å². The van der Waals surface area contributed by atoms with E-state index in [2.05, 4.69) is 10.6 Å². The molecule has 0 saturated carbocycles. The van der Waals surface area contributed by atoms with Crippen LogP contribution in [0, 0.1) is 0 Å². The molecule has 2 amide bonds. The molecular formula is C17H25N3O3. The lowest BCUT2D eigenvalue weighted by Crippen LogP contribution is -2.45. The van der Waals surface area contributed by atoms with Crippen LogP contribution in [0.5, 0.6) is 5.75 Å². The fourth-order valence-corrected chi connectivity index (χ4v) is 2.72. The summed E-state index contributed by atoms with van der Waals surface area (Å²) in [6.45, 7) is 3.75. The van der Waals surface area contributed by atoms with Crippen LogP contribution < -0.4 is 15.4 Å². The van der Waals surface area contributed by atoms with E-state index in [1.165, 1.54) is 0 Å². The maximum Gasteiger partial charge on any atom is 0.241 e. The molecule has 2 N–H and O–H groups in total. The maximum atomic E-state index is 12.5. The number of carbonyl (C=O) groups excluding carboxylic acids is 2. The number of ether oxygens (including phenoxy) is 1. The summed E-state index contributed by atoms with van der Waals surface area (Å²) in [6, 6.07) is 6.98. The molecule has 1 atom stereocenters. The van der Waals surface area contributed by atoms with E-state index in [0.717, 1.165) is 37.2 Å². The number of carbonyl (C=O) groups is 2. The Morgan fingerprint density at radius 3 is 2.70 bits per heavy atom. The molecule has 0 radical (unpaired) electrons. The highest BCUT2D eigenvalue weighted by Crippen LogP contribution is 2.20. The first-order valence-electron chi connectivity index (χ1n) is 8.09. The fraction of sp³-hybridized carbons (Fsp3) is 0.529. The minimum Gasteiger partial charge on any atom is -0.497 e. The zero-order valence-corrected chi connectivity index (χ0v) is 13.8. The highest BCUT2D eigenvalue weighted by Gasteiger charge is 2.31. The summed E-state index contributed by atoms with van der Waals surface area (Å²) in [4.78, 5) is 26.3. The Hall–Kier alpha value is -2.08. The van der Waals surface area contributed by atoms with Gasteiger partial charge in [0.15, 0.2) is 0 Å². The Bertz CT molecular complexity index is 530. The van der Waals surface area contributed by atoms with Crippen LogP contribution in [0.15, 0.2) is 24.3 Å². The molecular weight excluding hydrogens is 294 g/mol. The summed E-state index contributed by atoms with van der Waals surface area (Å²) in [5.74, 6) is 0.671. The first kappa shape index (κ1) is 17.3. The molecule has 6 nitrogen and oxygen atoms in total. The number of benzene rings is 1. The van der Waals surface area contributed by atoms with E-state index in [4.69, 9.17) is 4.74 Å². The number of hydrogen-bond acceptors (Lipinski definition) is 4. The SMILES string of the molecule is CCCNC(=O)CN1CCCC1C(=O)Nc1ccc(OC)cc1. The molecule has 0 bridgehead atoms. The summed E-state index contributed by atoms with van der Waals surface area (Å²) in [6.07, 6.45) is 2.62. The number of nitrogens with one attached hydrogen (secondary N) is 2. The third-order valence-corrected chi connectivity index (χ3v) is 3.94. The van der Waals surface area contributed by atoms with Crippen molar-refractivity contribution in [3.05, 3.63) is 24.3 Å². The van der Waals surface area contributed by atoms with Crippen molar-refractivity contribution in [2.24, 2.45) is 0 Å². The van der Waals surface area contributed by atoms with Gasteiger partial charge in [0.1, 0.15) is 5.75 Å². The lowest BCUT2D eigenvalue weighted by Gasteiger charge is -2.23. The van der Waals surface area contributed by atoms with Crippen LogP contribution in [0.2, 0.25) is 0 Å². The Balaban J connectivity index is 1.90. The number of rotatable bonds is 7. The fourth-order valence-electron chi connectivity index (χ4n) is 2.72. The predicted octanol–water partition coefficient (Wildman–Crippen LogP) is 1.62. The van der Waals surface area contributed by atoms with Crippen LogP contribution in [-0.4, -0.2) is 49.5 Å². The number of anilines is 1. The van der Waals surface area contributed by atoms with Crippen molar-refractivity contribution in [2.45, 2.75) is 32.2 Å². The van der Waals surface area contributed by atoms with E-state index in [1.807, 2.05) is 24.0 Å². The number of methoxy groups -OCH3 is 1. The van der Waals surface area contributed by atoms with Crippen LogP contribution in [0.4, 0.5) is 5.69 Å². The van der Waals surface area contributed by atoms with Gasteiger partial charge in [0.25, 0.3) is 0 Å². The molecule has 1 aliphatic heterocycles. The van der Waals surface area contributed by atoms with E-state index in [9.17, 15) is 9.59 Å². The van der Waals surface area contributed by atoms with E-state index >= 15 is 0 Å². The molecule has 1 aromatic rings. The Morgan fingerprint density at radius 2 is 2.04 bits per heavy atom. The van der Waals surface area contributed by atoms with Gasteiger partial charge in [-0.3, -0.25) is 14.5 Å². The van der Waals surface area contributed by atoms with E-state index in [-0.39, 0.29) is 24.4 Å². The van der Waals surface area contributed by atoms with Crippen molar-refractivity contribution in [1.29, 1.82) is 0 Å². The van der Waals surface area contributed by atoms with Gasteiger partial charge in [0.05, 0.1) is 19.7 Å². The summed E-state index contributed by atoms with van der Waals surface area (Å²) in [5, 5.41) is 5.77. The molecule has 1 unspecified atom stereocenters. The highest BCUT2D eigenvalue weighted by molar-refractivity contribution is 5.95. The van der Waals surface area contributed by atoms with E-state index in [0.29, 0.717) is 6.54 Å². The number of hydrogen-bond donors (Lipinski definition) is 2. The standard InChI is InChI=1S/C17H25N3O3/c1-3-10-18-16(21)12-20-11-4-5-15(20)17(22)19-13-6-8-14(23-2)9-7-13/h6-9,15H,3-5,10-12H2,1-2H3,(H,18,21)(H,19,22). The third-order valence-electron chi connectivity index (χ3n) is 3.94. The highest BCUT2D eigenvalue weighted by atomic mass is 16.5. The zero-order valence-electron chi connectivity index (χ0n) is 13.8. The lowest BCUT2D eigenvalue weighted by atomic mass is 10.2. The largest absolute Gasteiger partial charge is 0.497 e. The maximum absolute atomic E-state index is 12.5. The average Bonchev–Trinajstić information content (AvgIpc) is 3.01. The summed E-state index contributed by atoms with van der Waals surface area (Å²) < 4.78 is 5.10. The Morgan fingerprint density at radius 1 is 1.30 bits per heavy atom. The van der Waals surface area contributed by atoms with Gasteiger partial charge in [-0.1, -0.05) is 6.92 Å². The van der Waals surface area contributed by atoms with Crippen LogP contribution in [0.3, 0.4) is 0 Å². The number of nitrogens with zero attached hydrogens (tertiary/aromatic N) is 1. The first-order chi connectivity index (χ1) is 11.1. The monoisotopic (exact) mass is 319 g/mol. The van der Waals surface area contributed by atoms with Crippen molar-refractivity contribution in [2.75, 3.05) is 32.1 Å². The minimum absolute atomic E-state index is 0.0176. The predicted molar refractivity (Wildman–Crippen MR) is 89.5 cm³/mol. The molecule has 1 fully saturated rings. The number of amides is 2. The topological polar surface area (TPSA) is 70.7 Å². The van der Waals surface area contributed by atoms with Crippen molar-refractivity contribution in [3.8, 4) is 5.75 Å². The van der Waals surface area contributed by atoms with Gasteiger partial charge in [-0.15, -0.1) is 0 Å². The van der Waals surface area contributed by atoms with Crippen LogP contribution in [-0.2, 0) is 9.59 Å². The molecule has 1 aliphatic rings. The summed E-state index contributed by atoms with van der Waals surface area (Å²) >= 11 is 0. The normalized spacial score (nSPS) is 17.7. The molecule has 0 aliphatic carbocycles. The van der Waals surface area contributed by atoms with E-state index in [1.54, 1.807) is 19.2 Å². The first-order valence-corrected chi connectivity index (χ1v) is 8.09. The quantitative estimate of drug-likeness (QED) is 0.801. The lowest BCUT2D eigenvalue weighted by molar-refractivity contribution is -0.124. The third kappa shape index (κ3) is 4.96. The summed E-state index contributed by atoms with van der Waals surface area (Å²) in [7, 11) is 1.60. The molecule has 0 aromatic heterocycles. The molecule has 1 aromatic carbocycles. The second-order valence-electron chi connectivity index (χ2n) is 5.70. The Kier molecular flexibility index (Phi) is 6.40. The molecule has 126 valence electrons. The molecule has 0 spiro atoms. The minimum atomic E-state index is -0.246. The van der Waals surface area contributed by atoms with Crippen LogP contribution >= 0.6 is 0 Å². The smallest absolute Gasteiger partial charge is 0.241 e. The molecule has 1 saturated heterocycles. The average molecular weight is 319 g/mol. The zero-order chi connectivity index (χ0) is 16.7. The number of likely N-dealkylation sites (tertiary alicyclic amines) is 1. The molecule has 23 heavy (non-hydrogen) atoms. The van der Waals surface area contributed by atoms with Gasteiger partial charge in [0.2, 0.25) is 11.8 Å².